The van der Waals surface area contributed by atoms with Gasteiger partial charge in [-0.2, -0.15) is 0 Å². The van der Waals surface area contributed by atoms with Crippen molar-refractivity contribution in [2.45, 2.75) is 52.5 Å². The molecule has 15 heavy (non-hydrogen) atoms. The van der Waals surface area contributed by atoms with Gasteiger partial charge < -0.3 is 10.4 Å². The van der Waals surface area contributed by atoms with Gasteiger partial charge in [-0.25, -0.2) is 0 Å². The molecule has 2 atom stereocenters. The number of carboxylic acids is 1. The van der Waals surface area contributed by atoms with Crippen molar-refractivity contribution in [3.05, 3.63) is 0 Å². The molecule has 0 aliphatic rings. The number of carbonyl (C=O) groups excluding carboxylic acids is 1. The van der Waals surface area contributed by atoms with Crippen LogP contribution in [0.25, 0.3) is 0 Å². The molecule has 0 bridgehead atoms. The SMILES string of the molecule is CCCCCC(=O)NC(C)C(C)C(=O)O. The normalized spacial score (nSPS) is 14.3. The molecule has 0 spiro atoms. The quantitative estimate of drug-likeness (QED) is 0.636. The van der Waals surface area contributed by atoms with Crippen molar-refractivity contribution < 1.29 is 14.7 Å². The van der Waals surface area contributed by atoms with Crippen LogP contribution >= 0.6 is 0 Å². The molecule has 0 aromatic rings. The number of aliphatic carboxylic acids is 1. The summed E-state index contributed by atoms with van der Waals surface area (Å²) < 4.78 is 0. The third-order valence-corrected chi connectivity index (χ3v) is 2.54. The zero-order valence-electron chi connectivity index (χ0n) is 9.75. The summed E-state index contributed by atoms with van der Waals surface area (Å²) in [7, 11) is 0. The van der Waals surface area contributed by atoms with Gasteiger partial charge in [0.05, 0.1) is 5.92 Å². The molecule has 0 aromatic heterocycles. The van der Waals surface area contributed by atoms with Crippen LogP contribution in [0, 0.1) is 5.92 Å². The number of nitrogens with one attached hydrogen (secondary N) is 1. The number of hydrogen-bond donors (Lipinski definition) is 2. The maximum absolute atomic E-state index is 11.4. The Balaban J connectivity index is 3.80. The maximum atomic E-state index is 11.4. The van der Waals surface area contributed by atoms with Gasteiger partial charge in [-0.05, 0) is 20.3 Å². The van der Waals surface area contributed by atoms with Crippen LogP contribution in [0.4, 0.5) is 0 Å². The second kappa shape index (κ2) is 7.26. The molecule has 4 nitrogen and oxygen atoms in total. The molecule has 1 amide bonds. The summed E-state index contributed by atoms with van der Waals surface area (Å²) in [4.78, 5) is 22.0. The van der Waals surface area contributed by atoms with Gasteiger partial charge in [0.1, 0.15) is 0 Å². The highest BCUT2D eigenvalue weighted by atomic mass is 16.4. The van der Waals surface area contributed by atoms with Crippen LogP contribution < -0.4 is 5.32 Å². The Labute approximate surface area is 91.1 Å². The van der Waals surface area contributed by atoms with Crippen LogP contribution in [-0.4, -0.2) is 23.0 Å². The van der Waals surface area contributed by atoms with Gasteiger partial charge in [0, 0.05) is 12.5 Å². The zero-order valence-corrected chi connectivity index (χ0v) is 9.75. The van der Waals surface area contributed by atoms with Gasteiger partial charge in [-0.3, -0.25) is 9.59 Å². The van der Waals surface area contributed by atoms with E-state index in [0.29, 0.717) is 6.42 Å². The van der Waals surface area contributed by atoms with Crippen LogP contribution in [0.1, 0.15) is 46.5 Å². The van der Waals surface area contributed by atoms with Crippen molar-refractivity contribution >= 4 is 11.9 Å². The van der Waals surface area contributed by atoms with Crippen molar-refractivity contribution in [1.82, 2.24) is 5.32 Å². The molecule has 0 aliphatic heterocycles. The van der Waals surface area contributed by atoms with Crippen LogP contribution in [0.2, 0.25) is 0 Å². The Morgan fingerprint density at radius 1 is 1.27 bits per heavy atom. The van der Waals surface area contributed by atoms with E-state index in [-0.39, 0.29) is 11.9 Å². The molecule has 0 rings (SSSR count). The minimum Gasteiger partial charge on any atom is -0.481 e. The fourth-order valence-corrected chi connectivity index (χ4v) is 1.20. The number of unbranched alkanes of at least 4 members (excludes halogenated alkanes) is 2. The smallest absolute Gasteiger partial charge is 0.308 e. The monoisotopic (exact) mass is 215 g/mol. The van der Waals surface area contributed by atoms with E-state index in [4.69, 9.17) is 5.11 Å². The Morgan fingerprint density at radius 3 is 2.33 bits per heavy atom. The number of carboxylic acid groups (broad SMARTS) is 1. The Hall–Kier alpha value is -1.06. The highest BCUT2D eigenvalue weighted by Gasteiger charge is 2.20. The first kappa shape index (κ1) is 13.9. The summed E-state index contributed by atoms with van der Waals surface area (Å²) in [5, 5.41) is 11.4. The Morgan fingerprint density at radius 2 is 1.87 bits per heavy atom. The standard InChI is InChI=1S/C11H21NO3/c1-4-5-6-7-10(13)12-9(3)8(2)11(14)15/h8-9H,4-7H2,1-3H3,(H,12,13)(H,14,15). The second-order valence-electron chi connectivity index (χ2n) is 3.94. The van der Waals surface area contributed by atoms with Crippen molar-refractivity contribution in [3.8, 4) is 0 Å². The van der Waals surface area contributed by atoms with E-state index in [1.165, 1.54) is 0 Å². The minimum atomic E-state index is -0.878. The number of amides is 1. The van der Waals surface area contributed by atoms with E-state index in [1.807, 2.05) is 0 Å². The fourth-order valence-electron chi connectivity index (χ4n) is 1.20. The van der Waals surface area contributed by atoms with E-state index in [9.17, 15) is 9.59 Å². The number of rotatable bonds is 7. The van der Waals surface area contributed by atoms with Gasteiger partial charge in [-0.1, -0.05) is 19.8 Å². The lowest BCUT2D eigenvalue weighted by Gasteiger charge is -2.17. The lowest BCUT2D eigenvalue weighted by Crippen LogP contribution is -2.39. The van der Waals surface area contributed by atoms with Gasteiger partial charge in [0.15, 0.2) is 0 Å². The van der Waals surface area contributed by atoms with Gasteiger partial charge in [0.2, 0.25) is 5.91 Å². The van der Waals surface area contributed by atoms with Gasteiger partial charge in [0.25, 0.3) is 0 Å². The van der Waals surface area contributed by atoms with Crippen LogP contribution in [0.15, 0.2) is 0 Å². The summed E-state index contributed by atoms with van der Waals surface area (Å²) in [6.45, 7) is 5.39. The lowest BCUT2D eigenvalue weighted by molar-refractivity contribution is -0.142. The molecule has 0 saturated carbocycles. The summed E-state index contributed by atoms with van der Waals surface area (Å²) in [5.41, 5.74) is 0. The molecule has 0 aliphatic carbocycles. The summed E-state index contributed by atoms with van der Waals surface area (Å²) in [6.07, 6.45) is 3.48. The molecule has 0 fully saturated rings. The average Bonchev–Trinajstić information content (AvgIpc) is 2.16. The van der Waals surface area contributed by atoms with Crippen molar-refractivity contribution in [1.29, 1.82) is 0 Å². The van der Waals surface area contributed by atoms with E-state index < -0.39 is 11.9 Å². The summed E-state index contributed by atoms with van der Waals surface area (Å²) >= 11 is 0. The Kier molecular flexibility index (Phi) is 6.75. The van der Waals surface area contributed by atoms with E-state index >= 15 is 0 Å². The Bertz CT molecular complexity index is 216. The molecular weight excluding hydrogens is 194 g/mol. The van der Waals surface area contributed by atoms with Crippen molar-refractivity contribution in [2.75, 3.05) is 0 Å². The molecule has 2 N–H and O–H groups in total. The predicted octanol–water partition coefficient (Wildman–Crippen LogP) is 1.79. The van der Waals surface area contributed by atoms with E-state index in [0.717, 1.165) is 19.3 Å². The summed E-state index contributed by atoms with van der Waals surface area (Å²) in [5.74, 6) is -1.47. The molecule has 2 unspecified atom stereocenters. The lowest BCUT2D eigenvalue weighted by atomic mass is 10.0. The minimum absolute atomic E-state index is 0.0518. The molecule has 0 heterocycles. The molecular formula is C11H21NO3. The molecule has 88 valence electrons. The van der Waals surface area contributed by atoms with Crippen LogP contribution in [0.5, 0.6) is 0 Å². The third kappa shape index (κ3) is 6.10. The summed E-state index contributed by atoms with van der Waals surface area (Å²) in [6, 6.07) is -0.309. The van der Waals surface area contributed by atoms with E-state index in [2.05, 4.69) is 12.2 Å². The fraction of sp³-hybridized carbons (Fsp3) is 0.818. The van der Waals surface area contributed by atoms with E-state index in [1.54, 1.807) is 13.8 Å². The predicted molar refractivity (Wildman–Crippen MR) is 58.5 cm³/mol. The second-order valence-corrected chi connectivity index (χ2v) is 3.94. The number of carbonyl (C=O) groups is 2. The number of hydrogen-bond acceptors (Lipinski definition) is 2. The van der Waals surface area contributed by atoms with Crippen molar-refractivity contribution in [2.24, 2.45) is 5.92 Å². The maximum Gasteiger partial charge on any atom is 0.308 e. The molecule has 0 aromatic carbocycles. The first-order valence-corrected chi connectivity index (χ1v) is 5.51. The van der Waals surface area contributed by atoms with Crippen LogP contribution in [0.3, 0.4) is 0 Å². The highest BCUT2D eigenvalue weighted by Crippen LogP contribution is 2.04. The van der Waals surface area contributed by atoms with Gasteiger partial charge >= 0.3 is 5.97 Å². The molecule has 0 radical (unpaired) electrons. The first-order valence-electron chi connectivity index (χ1n) is 5.51. The average molecular weight is 215 g/mol. The first-order chi connectivity index (χ1) is 6.99. The molecule has 4 heteroatoms. The topological polar surface area (TPSA) is 66.4 Å². The van der Waals surface area contributed by atoms with Crippen LogP contribution in [-0.2, 0) is 9.59 Å². The zero-order chi connectivity index (χ0) is 11.8. The van der Waals surface area contributed by atoms with Gasteiger partial charge in [-0.15, -0.1) is 0 Å². The molecule has 0 saturated heterocycles. The third-order valence-electron chi connectivity index (χ3n) is 2.54. The highest BCUT2D eigenvalue weighted by molar-refractivity contribution is 5.77. The largest absolute Gasteiger partial charge is 0.481 e. The van der Waals surface area contributed by atoms with Crippen molar-refractivity contribution in [3.63, 3.8) is 0 Å².